The lowest BCUT2D eigenvalue weighted by Gasteiger charge is -1.85. The van der Waals surface area contributed by atoms with Gasteiger partial charge in [-0.2, -0.15) is 0 Å². The zero-order valence-corrected chi connectivity index (χ0v) is 5.03. The quantitative estimate of drug-likeness (QED) is 0.390. The molecule has 0 aromatic carbocycles. The fraction of sp³-hybridized carbons (Fsp3) is 0.500. The minimum atomic E-state index is -0.628. The summed E-state index contributed by atoms with van der Waals surface area (Å²) in [4.78, 5) is 19.4. The van der Waals surface area contributed by atoms with Crippen LogP contribution in [0.3, 0.4) is 0 Å². The van der Waals surface area contributed by atoms with E-state index in [1.54, 1.807) is 0 Å². The standard InChI is InChI=1S/C4H6NO2S/c5-4(7)3-8-2-1-6/h1,5H,2-3H2. The van der Waals surface area contributed by atoms with Crippen LogP contribution in [0.5, 0.6) is 0 Å². The predicted octanol–water partition coefficient (Wildman–Crippen LogP) is -0.272. The number of nitrogens with one attached hydrogen (secondary N) is 1. The van der Waals surface area contributed by atoms with Gasteiger partial charge in [0.2, 0.25) is 5.91 Å². The van der Waals surface area contributed by atoms with Crippen LogP contribution in [-0.4, -0.2) is 23.7 Å². The van der Waals surface area contributed by atoms with E-state index in [0.29, 0.717) is 12.0 Å². The number of carbonyl (C=O) groups is 2. The van der Waals surface area contributed by atoms with E-state index in [2.05, 4.69) is 0 Å². The lowest BCUT2D eigenvalue weighted by molar-refractivity contribution is -0.116. The number of aldehydes is 1. The molecule has 0 aliphatic heterocycles. The summed E-state index contributed by atoms with van der Waals surface area (Å²) in [5, 5.41) is 0. The van der Waals surface area contributed by atoms with Gasteiger partial charge in [0.15, 0.2) is 0 Å². The molecular weight excluding hydrogens is 126 g/mol. The maximum absolute atomic E-state index is 9.85. The van der Waals surface area contributed by atoms with Crippen molar-refractivity contribution < 1.29 is 9.59 Å². The van der Waals surface area contributed by atoms with E-state index in [4.69, 9.17) is 5.73 Å². The van der Waals surface area contributed by atoms with Gasteiger partial charge in [0.05, 0.1) is 5.75 Å². The molecule has 0 aliphatic carbocycles. The number of rotatable bonds is 4. The number of hydrogen-bond donors (Lipinski definition) is 0. The van der Waals surface area contributed by atoms with Crippen molar-refractivity contribution >= 4 is 24.0 Å². The highest BCUT2D eigenvalue weighted by atomic mass is 32.2. The third kappa shape index (κ3) is 5.49. The van der Waals surface area contributed by atoms with Gasteiger partial charge in [-0.05, 0) is 0 Å². The molecular formula is C4H6NO2S. The normalized spacial score (nSPS) is 8.50. The van der Waals surface area contributed by atoms with Crippen molar-refractivity contribution in [1.82, 2.24) is 5.73 Å². The molecule has 0 fully saturated rings. The second-order valence-electron chi connectivity index (χ2n) is 1.10. The topological polar surface area (TPSA) is 57.9 Å². The van der Waals surface area contributed by atoms with Crippen LogP contribution >= 0.6 is 11.8 Å². The summed E-state index contributed by atoms with van der Waals surface area (Å²) in [5.74, 6) is -0.194. The molecule has 3 nitrogen and oxygen atoms in total. The van der Waals surface area contributed by atoms with Gasteiger partial charge in [-0.15, -0.1) is 11.8 Å². The lowest BCUT2D eigenvalue weighted by Crippen LogP contribution is -2.01. The van der Waals surface area contributed by atoms with Crippen molar-refractivity contribution in [2.24, 2.45) is 0 Å². The number of hydrogen-bond acceptors (Lipinski definition) is 3. The molecule has 1 N–H and O–H groups in total. The predicted molar refractivity (Wildman–Crippen MR) is 31.5 cm³/mol. The molecule has 0 saturated carbocycles. The van der Waals surface area contributed by atoms with Crippen molar-refractivity contribution in [2.45, 2.75) is 0 Å². The van der Waals surface area contributed by atoms with Gasteiger partial charge in [-0.25, -0.2) is 0 Å². The van der Waals surface area contributed by atoms with Gasteiger partial charge in [0.1, 0.15) is 6.29 Å². The smallest absolute Gasteiger partial charge is 0.248 e. The molecule has 0 aromatic rings. The molecule has 0 heterocycles. The minimum Gasteiger partial charge on any atom is -0.302 e. The molecule has 0 atom stereocenters. The van der Waals surface area contributed by atoms with Crippen LogP contribution in [0.25, 0.3) is 0 Å². The highest BCUT2D eigenvalue weighted by molar-refractivity contribution is 8.00. The van der Waals surface area contributed by atoms with Gasteiger partial charge in [0.25, 0.3) is 0 Å². The van der Waals surface area contributed by atoms with E-state index in [-0.39, 0.29) is 5.75 Å². The van der Waals surface area contributed by atoms with E-state index in [0.717, 1.165) is 11.8 Å². The first-order valence-corrected chi connectivity index (χ1v) is 3.18. The van der Waals surface area contributed by atoms with Crippen LogP contribution in [0.1, 0.15) is 0 Å². The second kappa shape index (κ2) is 4.64. The summed E-state index contributed by atoms with van der Waals surface area (Å²) in [6, 6.07) is 0. The largest absolute Gasteiger partial charge is 0.302 e. The zero-order chi connectivity index (χ0) is 6.41. The second-order valence-corrected chi connectivity index (χ2v) is 2.14. The fourth-order valence-electron chi connectivity index (χ4n) is 0.200. The molecule has 4 heteroatoms. The number of amides is 1. The van der Waals surface area contributed by atoms with Crippen LogP contribution in [-0.2, 0) is 9.59 Å². The lowest BCUT2D eigenvalue weighted by atomic mass is 10.8. The number of thioether (sulfide) groups is 1. The maximum atomic E-state index is 9.85. The van der Waals surface area contributed by atoms with Gasteiger partial charge in [-0.3, -0.25) is 10.5 Å². The zero-order valence-electron chi connectivity index (χ0n) is 4.22. The maximum Gasteiger partial charge on any atom is 0.248 e. The fourth-order valence-corrected chi connectivity index (χ4v) is 0.599. The average molecular weight is 132 g/mol. The Morgan fingerprint density at radius 1 is 1.75 bits per heavy atom. The first-order chi connectivity index (χ1) is 3.77. The van der Waals surface area contributed by atoms with Gasteiger partial charge < -0.3 is 4.79 Å². The molecule has 0 bridgehead atoms. The first kappa shape index (κ1) is 7.49. The third-order valence-electron chi connectivity index (χ3n) is 0.419. The average Bonchev–Trinajstić information content (AvgIpc) is 1.66. The SMILES string of the molecule is [NH]C(=O)CSCC=O. The highest BCUT2D eigenvalue weighted by Crippen LogP contribution is 1.93. The van der Waals surface area contributed by atoms with E-state index in [9.17, 15) is 9.59 Å². The summed E-state index contributed by atoms with van der Waals surface area (Å²) < 4.78 is 0. The summed E-state index contributed by atoms with van der Waals surface area (Å²) in [6.45, 7) is 0. The number of carbonyl (C=O) groups excluding carboxylic acids is 2. The van der Waals surface area contributed by atoms with Crippen LogP contribution in [0.15, 0.2) is 0 Å². The van der Waals surface area contributed by atoms with E-state index < -0.39 is 5.91 Å². The Bertz CT molecular complexity index is 94.0. The Kier molecular flexibility index (Phi) is 4.35. The minimum absolute atomic E-state index is 0.124. The van der Waals surface area contributed by atoms with Crippen LogP contribution < -0.4 is 5.73 Å². The van der Waals surface area contributed by atoms with E-state index in [1.807, 2.05) is 0 Å². The van der Waals surface area contributed by atoms with Gasteiger partial charge in [-0.1, -0.05) is 0 Å². The summed E-state index contributed by atoms with van der Waals surface area (Å²) in [5.41, 5.74) is 6.38. The van der Waals surface area contributed by atoms with E-state index in [1.165, 1.54) is 0 Å². The Balaban J connectivity index is 2.93. The summed E-state index contributed by atoms with van der Waals surface area (Å²) in [6.07, 6.45) is 0.716. The molecule has 1 radical (unpaired) electrons. The molecule has 0 unspecified atom stereocenters. The molecule has 0 aliphatic rings. The van der Waals surface area contributed by atoms with Crippen molar-refractivity contribution in [3.8, 4) is 0 Å². The molecule has 1 amide bonds. The molecule has 8 heavy (non-hydrogen) atoms. The molecule has 45 valence electrons. The highest BCUT2D eigenvalue weighted by Gasteiger charge is 1.91. The van der Waals surface area contributed by atoms with Crippen molar-refractivity contribution in [2.75, 3.05) is 11.5 Å². The molecule has 0 saturated heterocycles. The molecule has 0 aromatic heterocycles. The van der Waals surface area contributed by atoms with Crippen molar-refractivity contribution in [1.29, 1.82) is 0 Å². The van der Waals surface area contributed by atoms with Crippen molar-refractivity contribution in [3.63, 3.8) is 0 Å². The van der Waals surface area contributed by atoms with Gasteiger partial charge in [0, 0.05) is 5.75 Å². The third-order valence-corrected chi connectivity index (χ3v) is 1.26. The molecule has 0 rings (SSSR count). The Labute approximate surface area is 51.6 Å². The van der Waals surface area contributed by atoms with Crippen LogP contribution in [0.4, 0.5) is 0 Å². The Morgan fingerprint density at radius 3 is 2.75 bits per heavy atom. The van der Waals surface area contributed by atoms with Crippen LogP contribution in [0, 0.1) is 0 Å². The summed E-state index contributed by atoms with van der Waals surface area (Å²) >= 11 is 1.16. The Morgan fingerprint density at radius 2 is 2.38 bits per heavy atom. The first-order valence-electron chi connectivity index (χ1n) is 2.03. The van der Waals surface area contributed by atoms with Crippen LogP contribution in [0.2, 0.25) is 0 Å². The van der Waals surface area contributed by atoms with Gasteiger partial charge >= 0.3 is 0 Å². The van der Waals surface area contributed by atoms with Crippen molar-refractivity contribution in [3.05, 3.63) is 0 Å². The summed E-state index contributed by atoms with van der Waals surface area (Å²) in [7, 11) is 0. The monoisotopic (exact) mass is 132 g/mol. The van der Waals surface area contributed by atoms with E-state index >= 15 is 0 Å². The molecule has 0 spiro atoms. The Hall–Kier alpha value is -0.510.